The minimum Gasteiger partial charge on any atom is -0.496 e. The van der Waals surface area contributed by atoms with Gasteiger partial charge in [0.1, 0.15) is 5.75 Å². The molecule has 4 unspecified atom stereocenters. The highest BCUT2D eigenvalue weighted by Gasteiger charge is 2.41. The molecule has 0 radical (unpaired) electrons. The zero-order valence-electron chi connectivity index (χ0n) is 20.7. The lowest BCUT2D eigenvalue weighted by Gasteiger charge is -2.41. The number of nitrogens with one attached hydrogen (secondary N) is 1. The summed E-state index contributed by atoms with van der Waals surface area (Å²) in [5, 5.41) is 3.17. The first kappa shape index (κ1) is 25.5. The van der Waals surface area contributed by atoms with E-state index in [0.29, 0.717) is 25.9 Å². The van der Waals surface area contributed by atoms with Crippen LogP contribution in [0.25, 0.3) is 0 Å². The Morgan fingerprint density at radius 2 is 1.88 bits per heavy atom. The first-order valence-corrected chi connectivity index (χ1v) is 12.5. The van der Waals surface area contributed by atoms with E-state index < -0.39 is 0 Å². The Morgan fingerprint density at radius 1 is 1.15 bits per heavy atom. The molecular formula is C26H41N3O4. The van der Waals surface area contributed by atoms with Gasteiger partial charge in [-0.15, -0.1) is 0 Å². The maximum Gasteiger partial charge on any atom is 0.225 e. The van der Waals surface area contributed by atoms with Gasteiger partial charge in [0.15, 0.2) is 0 Å². The molecule has 0 bridgehead atoms. The number of ether oxygens (including phenoxy) is 2. The third kappa shape index (κ3) is 6.70. The molecule has 4 atom stereocenters. The van der Waals surface area contributed by atoms with E-state index in [1.807, 2.05) is 29.2 Å². The number of methoxy groups -OCH3 is 1. The fourth-order valence-corrected chi connectivity index (χ4v) is 5.23. The fourth-order valence-electron chi connectivity index (χ4n) is 5.23. The summed E-state index contributed by atoms with van der Waals surface area (Å²) in [6, 6.07) is 7.48. The van der Waals surface area contributed by atoms with Crippen molar-refractivity contribution >= 4 is 11.8 Å². The van der Waals surface area contributed by atoms with Gasteiger partial charge in [-0.25, -0.2) is 0 Å². The molecule has 33 heavy (non-hydrogen) atoms. The van der Waals surface area contributed by atoms with Crippen molar-refractivity contribution in [2.24, 2.45) is 5.92 Å². The van der Waals surface area contributed by atoms with Crippen molar-refractivity contribution in [1.29, 1.82) is 0 Å². The van der Waals surface area contributed by atoms with Crippen molar-refractivity contribution in [3.63, 3.8) is 0 Å². The summed E-state index contributed by atoms with van der Waals surface area (Å²) in [6.07, 6.45) is 4.29. The first-order chi connectivity index (χ1) is 15.9. The molecule has 2 heterocycles. The van der Waals surface area contributed by atoms with Gasteiger partial charge in [0.25, 0.3) is 0 Å². The van der Waals surface area contributed by atoms with E-state index >= 15 is 0 Å². The molecule has 0 saturated carbocycles. The number of para-hydroxylation sites is 1. The van der Waals surface area contributed by atoms with Gasteiger partial charge in [0.05, 0.1) is 31.3 Å². The summed E-state index contributed by atoms with van der Waals surface area (Å²) in [5.41, 5.74) is 0.917. The highest BCUT2D eigenvalue weighted by molar-refractivity contribution is 5.85. The Bertz CT molecular complexity index is 777. The highest BCUT2D eigenvalue weighted by atomic mass is 16.5. The van der Waals surface area contributed by atoms with E-state index in [1.165, 1.54) is 0 Å². The predicted octanol–water partition coefficient (Wildman–Crippen LogP) is 3.39. The molecule has 2 saturated heterocycles. The summed E-state index contributed by atoms with van der Waals surface area (Å²) >= 11 is 0. The molecule has 2 fully saturated rings. The van der Waals surface area contributed by atoms with E-state index in [-0.39, 0.29) is 36.0 Å². The Hall–Kier alpha value is -2.12. The second-order valence-corrected chi connectivity index (χ2v) is 9.43. The number of likely N-dealkylation sites (tertiary alicyclic amines) is 1. The molecule has 2 aliphatic rings. The number of amides is 2. The second kappa shape index (κ2) is 12.4. The van der Waals surface area contributed by atoms with Gasteiger partial charge < -0.3 is 19.7 Å². The smallest absolute Gasteiger partial charge is 0.225 e. The number of hydrogen-bond donors (Lipinski definition) is 1. The Morgan fingerprint density at radius 3 is 2.58 bits per heavy atom. The maximum absolute atomic E-state index is 13.3. The van der Waals surface area contributed by atoms with Gasteiger partial charge in [-0.1, -0.05) is 31.5 Å². The summed E-state index contributed by atoms with van der Waals surface area (Å²) in [6.45, 7) is 10.4. The van der Waals surface area contributed by atoms with Crippen molar-refractivity contribution in [2.75, 3.05) is 39.8 Å². The van der Waals surface area contributed by atoms with Crippen LogP contribution < -0.4 is 10.1 Å². The van der Waals surface area contributed by atoms with Gasteiger partial charge in [-0.2, -0.15) is 0 Å². The fraction of sp³-hybridized carbons (Fsp3) is 0.692. The van der Waals surface area contributed by atoms with E-state index in [4.69, 9.17) is 9.47 Å². The largest absolute Gasteiger partial charge is 0.496 e. The summed E-state index contributed by atoms with van der Waals surface area (Å²) in [7, 11) is 1.64. The number of morpholine rings is 1. The van der Waals surface area contributed by atoms with Crippen molar-refractivity contribution in [2.45, 2.75) is 71.1 Å². The molecule has 0 aliphatic carbocycles. The van der Waals surface area contributed by atoms with Crippen LogP contribution in [0, 0.1) is 5.92 Å². The van der Waals surface area contributed by atoms with E-state index in [2.05, 4.69) is 31.0 Å². The lowest BCUT2D eigenvalue weighted by atomic mass is 9.83. The molecule has 1 N–H and O–H groups in total. The van der Waals surface area contributed by atoms with Crippen LogP contribution in [-0.4, -0.2) is 73.7 Å². The number of hydrogen-bond acceptors (Lipinski definition) is 5. The zero-order valence-corrected chi connectivity index (χ0v) is 20.7. The molecule has 7 heteroatoms. The number of rotatable bonds is 10. The lowest BCUT2D eigenvalue weighted by molar-refractivity contribution is -0.143. The molecule has 2 amide bonds. The molecule has 1 aromatic rings. The molecule has 184 valence electrons. The third-order valence-electron chi connectivity index (χ3n) is 6.70. The summed E-state index contributed by atoms with van der Waals surface area (Å²) in [5.74, 6) is 0.605. The Labute approximate surface area is 198 Å². The molecule has 7 nitrogen and oxygen atoms in total. The quantitative estimate of drug-likeness (QED) is 0.543. The zero-order chi connectivity index (χ0) is 23.8. The third-order valence-corrected chi connectivity index (χ3v) is 6.70. The first-order valence-electron chi connectivity index (χ1n) is 12.5. The average molecular weight is 460 g/mol. The number of benzene rings is 1. The number of carbonyl (C=O) groups excluding carboxylic acids is 2. The molecule has 0 aromatic heterocycles. The van der Waals surface area contributed by atoms with Gasteiger partial charge >= 0.3 is 0 Å². The van der Waals surface area contributed by atoms with Crippen molar-refractivity contribution in [3.05, 3.63) is 29.8 Å². The van der Waals surface area contributed by atoms with Crippen LogP contribution in [0.1, 0.15) is 64.5 Å². The predicted molar refractivity (Wildman–Crippen MR) is 129 cm³/mol. The average Bonchev–Trinajstić information content (AvgIpc) is 2.80. The van der Waals surface area contributed by atoms with Crippen LogP contribution in [0.5, 0.6) is 5.75 Å². The number of carbonyl (C=O) groups is 2. The van der Waals surface area contributed by atoms with E-state index in [1.54, 1.807) is 7.11 Å². The van der Waals surface area contributed by atoms with Crippen molar-refractivity contribution in [3.8, 4) is 5.75 Å². The monoisotopic (exact) mass is 459 g/mol. The summed E-state index contributed by atoms with van der Waals surface area (Å²) in [4.78, 5) is 30.5. The van der Waals surface area contributed by atoms with Gasteiger partial charge in [0, 0.05) is 44.7 Å². The van der Waals surface area contributed by atoms with Crippen LogP contribution in [-0.2, 0) is 14.3 Å². The Balaban J connectivity index is 1.66. The van der Waals surface area contributed by atoms with Crippen LogP contribution >= 0.6 is 0 Å². The van der Waals surface area contributed by atoms with Crippen molar-refractivity contribution < 1.29 is 19.1 Å². The van der Waals surface area contributed by atoms with E-state index in [9.17, 15) is 9.59 Å². The van der Waals surface area contributed by atoms with Gasteiger partial charge in [-0.3, -0.25) is 14.5 Å². The second-order valence-electron chi connectivity index (χ2n) is 9.43. The number of piperidine rings is 1. The van der Waals surface area contributed by atoms with Gasteiger partial charge in [0.2, 0.25) is 11.8 Å². The topological polar surface area (TPSA) is 71.1 Å². The molecule has 2 aliphatic heterocycles. The molecule has 3 rings (SSSR count). The molecule has 0 spiro atoms. The minimum atomic E-state index is -0.296. The highest BCUT2D eigenvalue weighted by Crippen LogP contribution is 2.40. The molecule has 1 aromatic carbocycles. The SMILES string of the molecule is CCCCN1C(=O)CCC(C(=O)NCCCN2CC(C)OC(C)C2)C1c1ccccc1OC. The molecular weight excluding hydrogens is 418 g/mol. The standard InChI is InChI=1S/C26H41N3O4/c1-5-6-16-29-24(30)13-12-22(25(29)21-10-7-8-11-23(21)32-4)26(31)27-14-9-15-28-17-19(2)33-20(3)18-28/h7-8,10-11,19-20,22,25H,5-6,9,12-18H2,1-4H3,(H,27,31). The van der Waals surface area contributed by atoms with E-state index in [0.717, 1.165) is 50.2 Å². The van der Waals surface area contributed by atoms with Crippen LogP contribution in [0.2, 0.25) is 0 Å². The normalized spacial score (nSPS) is 26.3. The maximum atomic E-state index is 13.3. The number of nitrogens with zero attached hydrogens (tertiary/aromatic N) is 2. The Kier molecular flexibility index (Phi) is 9.56. The van der Waals surface area contributed by atoms with Crippen LogP contribution in [0.15, 0.2) is 24.3 Å². The van der Waals surface area contributed by atoms with Crippen LogP contribution in [0.3, 0.4) is 0 Å². The number of unbranched alkanes of at least 4 members (excludes halogenated alkanes) is 1. The van der Waals surface area contributed by atoms with Gasteiger partial charge in [-0.05, 0) is 39.2 Å². The van der Waals surface area contributed by atoms with Crippen molar-refractivity contribution in [1.82, 2.24) is 15.1 Å². The lowest BCUT2D eigenvalue weighted by Crippen LogP contribution is -2.49. The minimum absolute atomic E-state index is 0.0311. The summed E-state index contributed by atoms with van der Waals surface area (Å²) < 4.78 is 11.4. The van der Waals surface area contributed by atoms with Crippen LogP contribution in [0.4, 0.5) is 0 Å².